The van der Waals surface area contributed by atoms with Crippen LogP contribution in [0.4, 0.5) is 26.3 Å². The number of hydrogen-bond acceptors (Lipinski definition) is 7. The van der Waals surface area contributed by atoms with Gasteiger partial charge in [-0.05, 0) is 47.5 Å². The number of piperidine rings is 2. The zero-order valence-corrected chi connectivity index (χ0v) is 33.1. The summed E-state index contributed by atoms with van der Waals surface area (Å²) >= 11 is 23.2. The Morgan fingerprint density at radius 3 is 1.53 bits per heavy atom. The lowest BCUT2D eigenvalue weighted by molar-refractivity contribution is -0.0635. The average Bonchev–Trinajstić information content (AvgIpc) is 3.17. The molecule has 4 aromatic rings. The number of benzene rings is 2. The summed E-state index contributed by atoms with van der Waals surface area (Å²) in [6.07, 6.45) is 1.92. The Balaban J connectivity index is 0.000000211. The fourth-order valence-electron chi connectivity index (χ4n) is 6.08. The van der Waals surface area contributed by atoms with E-state index < -0.39 is 41.7 Å². The van der Waals surface area contributed by atoms with Gasteiger partial charge in [-0.2, -0.15) is 8.78 Å². The molecule has 0 bridgehead atoms. The van der Waals surface area contributed by atoms with Gasteiger partial charge in [-0.3, -0.25) is 14.6 Å². The number of halogens is 10. The minimum absolute atomic E-state index is 0.0270. The highest BCUT2D eigenvalue weighted by molar-refractivity contribution is 6.44. The van der Waals surface area contributed by atoms with Gasteiger partial charge in [0.1, 0.15) is 0 Å². The Morgan fingerprint density at radius 1 is 0.702 bits per heavy atom. The van der Waals surface area contributed by atoms with E-state index in [0.29, 0.717) is 25.2 Å². The van der Waals surface area contributed by atoms with E-state index in [9.17, 15) is 35.9 Å². The molecular formula is C38H38Cl4F6N6O3. The minimum atomic E-state index is -2.69. The van der Waals surface area contributed by atoms with Crippen LogP contribution in [0, 0.1) is 11.9 Å². The highest BCUT2D eigenvalue weighted by Gasteiger charge is 2.38. The molecule has 2 atom stereocenters. The predicted octanol–water partition coefficient (Wildman–Crippen LogP) is 9.37. The van der Waals surface area contributed by atoms with Gasteiger partial charge in [0.05, 0.1) is 37.3 Å². The van der Waals surface area contributed by atoms with Crippen molar-refractivity contribution in [3.05, 3.63) is 127 Å². The monoisotopic (exact) mass is 880 g/mol. The lowest BCUT2D eigenvalue weighted by atomic mass is 10.0. The molecule has 2 fully saturated rings. The van der Waals surface area contributed by atoms with E-state index in [-0.39, 0.29) is 82.6 Å². The number of aromatic nitrogens is 2. The van der Waals surface area contributed by atoms with Gasteiger partial charge in [-0.15, -0.1) is 0 Å². The number of alkyl halides is 4. The molecule has 19 heteroatoms. The largest absolute Gasteiger partial charge is 0.478 e. The van der Waals surface area contributed by atoms with E-state index in [4.69, 9.17) is 57.2 Å². The summed E-state index contributed by atoms with van der Waals surface area (Å²) in [4.78, 5) is 33.9. The molecule has 4 heterocycles. The topological polar surface area (TPSA) is 125 Å². The molecule has 0 spiro atoms. The molecule has 2 aromatic carbocycles. The average molecular weight is 883 g/mol. The second kappa shape index (κ2) is 20.8. The first-order valence-electron chi connectivity index (χ1n) is 17.5. The SMILES string of the molecule is NCC(c1ccc(F)nc1)N1CCC(F)(F)CC1.O=C(NCC(c1ccc(F)nc1)N1CCC(F)(F)CC1)c1cccc(Cl)c1Cl.O=C(O)c1cccc(Cl)c1Cl. The first-order valence-corrected chi connectivity index (χ1v) is 19.0. The van der Waals surface area contributed by atoms with Gasteiger partial charge in [0.25, 0.3) is 17.8 Å². The number of rotatable bonds is 9. The van der Waals surface area contributed by atoms with Crippen LogP contribution in [0.1, 0.15) is 69.6 Å². The molecule has 9 nitrogen and oxygen atoms in total. The van der Waals surface area contributed by atoms with Gasteiger partial charge in [-0.1, -0.05) is 70.7 Å². The second-order valence-corrected chi connectivity index (χ2v) is 14.7. The fraction of sp³-hybridized carbons (Fsp3) is 0.368. The molecule has 6 rings (SSSR count). The first-order chi connectivity index (χ1) is 26.9. The number of hydrogen-bond donors (Lipinski definition) is 3. The lowest BCUT2D eigenvalue weighted by Gasteiger charge is -2.37. The maximum Gasteiger partial charge on any atom is 0.337 e. The standard InChI is InChI=1S/C19H18Cl2F3N3O.C12H16F3N3.C7H4Cl2O2/c20-14-3-1-2-13(17(14)21)18(28)26-11-15(12-4-5-16(22)25-10-12)27-8-6-19(23,24)7-9-27;13-11-2-1-9(8-17-11)10(7-16)18-5-3-12(14,15)4-6-18;8-5-3-1-2-4(6(5)9)7(10)11/h1-5,10,15H,6-9,11H2,(H,26,28);1-2,8,10H,3-7,16H2;1-3H,(H,10,11). The summed E-state index contributed by atoms with van der Waals surface area (Å²) in [5.41, 5.74) is 7.33. The van der Waals surface area contributed by atoms with Crippen LogP contribution in [0.25, 0.3) is 0 Å². The fourth-order valence-corrected chi connectivity index (χ4v) is 6.85. The summed E-state index contributed by atoms with van der Waals surface area (Å²) in [7, 11) is 0. The number of carbonyl (C=O) groups is 2. The Morgan fingerprint density at radius 2 is 1.12 bits per heavy atom. The molecule has 0 radical (unpaired) electrons. The summed E-state index contributed by atoms with van der Waals surface area (Å²) in [6.45, 7) is 1.34. The van der Waals surface area contributed by atoms with Crippen LogP contribution in [0.15, 0.2) is 73.1 Å². The van der Waals surface area contributed by atoms with Crippen molar-refractivity contribution < 1.29 is 41.0 Å². The van der Waals surface area contributed by atoms with Crippen molar-refractivity contribution in [3.63, 3.8) is 0 Å². The van der Waals surface area contributed by atoms with Gasteiger partial charge in [0, 0.05) is 83.4 Å². The smallest absolute Gasteiger partial charge is 0.337 e. The molecular weight excluding hydrogens is 844 g/mol. The van der Waals surface area contributed by atoms with Crippen molar-refractivity contribution in [1.29, 1.82) is 0 Å². The van der Waals surface area contributed by atoms with Crippen LogP contribution >= 0.6 is 46.4 Å². The zero-order valence-electron chi connectivity index (χ0n) is 30.1. The minimum Gasteiger partial charge on any atom is -0.478 e. The van der Waals surface area contributed by atoms with E-state index in [1.807, 2.05) is 9.80 Å². The highest BCUT2D eigenvalue weighted by atomic mass is 35.5. The van der Waals surface area contributed by atoms with Crippen LogP contribution in [0.5, 0.6) is 0 Å². The van der Waals surface area contributed by atoms with E-state index in [0.717, 1.165) is 5.56 Å². The van der Waals surface area contributed by atoms with Crippen LogP contribution < -0.4 is 11.1 Å². The Bertz CT molecular complexity index is 1950. The molecule has 308 valence electrons. The van der Waals surface area contributed by atoms with E-state index in [2.05, 4.69) is 15.3 Å². The Kier molecular flexibility index (Phi) is 16.8. The van der Waals surface area contributed by atoms with Crippen molar-refractivity contribution in [3.8, 4) is 0 Å². The molecule has 4 N–H and O–H groups in total. The molecule has 57 heavy (non-hydrogen) atoms. The maximum atomic E-state index is 13.5. The van der Waals surface area contributed by atoms with Crippen LogP contribution in [0.3, 0.4) is 0 Å². The number of carbonyl (C=O) groups excluding carboxylic acids is 1. The quantitative estimate of drug-likeness (QED) is 0.112. The van der Waals surface area contributed by atoms with Crippen molar-refractivity contribution in [2.75, 3.05) is 39.3 Å². The molecule has 2 unspecified atom stereocenters. The summed E-state index contributed by atoms with van der Waals surface area (Å²) in [5.74, 6) is -7.97. The van der Waals surface area contributed by atoms with Crippen molar-refractivity contribution in [2.45, 2.75) is 49.6 Å². The van der Waals surface area contributed by atoms with Gasteiger partial charge in [0.2, 0.25) is 11.9 Å². The van der Waals surface area contributed by atoms with Crippen molar-refractivity contribution in [2.24, 2.45) is 5.73 Å². The highest BCUT2D eigenvalue weighted by Crippen LogP contribution is 2.34. The third kappa shape index (κ3) is 13.4. The predicted molar refractivity (Wildman–Crippen MR) is 207 cm³/mol. The van der Waals surface area contributed by atoms with E-state index >= 15 is 0 Å². The Labute approximate surface area is 345 Å². The lowest BCUT2D eigenvalue weighted by Crippen LogP contribution is -2.45. The van der Waals surface area contributed by atoms with Gasteiger partial charge in [-0.25, -0.2) is 32.3 Å². The first kappa shape index (κ1) is 46.0. The molecule has 2 saturated heterocycles. The number of aromatic carboxylic acids is 1. The number of carboxylic acids is 1. The molecule has 0 aliphatic carbocycles. The summed E-state index contributed by atoms with van der Waals surface area (Å²) < 4.78 is 79.2. The number of nitrogens with zero attached hydrogens (tertiary/aromatic N) is 4. The van der Waals surface area contributed by atoms with Crippen LogP contribution in [-0.4, -0.2) is 87.9 Å². The number of likely N-dealkylation sites (tertiary alicyclic amines) is 2. The van der Waals surface area contributed by atoms with Crippen molar-refractivity contribution >= 4 is 58.3 Å². The maximum absolute atomic E-state index is 13.5. The number of amides is 1. The molecule has 2 aromatic heterocycles. The van der Waals surface area contributed by atoms with Crippen molar-refractivity contribution in [1.82, 2.24) is 25.1 Å². The van der Waals surface area contributed by atoms with Gasteiger partial charge < -0.3 is 16.2 Å². The third-order valence-electron chi connectivity index (χ3n) is 9.27. The molecule has 2 aliphatic rings. The summed E-state index contributed by atoms with van der Waals surface area (Å²) in [5, 5.41) is 12.0. The number of carboxylic acid groups (broad SMARTS) is 1. The number of nitrogens with two attached hydrogens (primary N) is 1. The third-order valence-corrected chi connectivity index (χ3v) is 10.9. The Hall–Kier alpha value is -3.70. The number of pyridine rings is 2. The van der Waals surface area contributed by atoms with Crippen LogP contribution in [0.2, 0.25) is 20.1 Å². The van der Waals surface area contributed by atoms with Gasteiger partial charge in [0.15, 0.2) is 0 Å². The number of nitrogens with one attached hydrogen (secondary N) is 1. The molecule has 0 saturated carbocycles. The second-order valence-electron chi connectivity index (χ2n) is 13.1. The zero-order chi connectivity index (χ0) is 41.9. The van der Waals surface area contributed by atoms with Crippen LogP contribution in [-0.2, 0) is 0 Å². The normalized spacial score (nSPS) is 17.5. The van der Waals surface area contributed by atoms with E-state index in [1.165, 1.54) is 48.8 Å². The molecule has 2 aliphatic heterocycles. The van der Waals surface area contributed by atoms with Gasteiger partial charge >= 0.3 is 5.97 Å². The summed E-state index contributed by atoms with van der Waals surface area (Å²) in [6, 6.07) is 14.2. The molecule has 1 amide bonds. The van der Waals surface area contributed by atoms with E-state index in [1.54, 1.807) is 24.3 Å².